The van der Waals surface area contributed by atoms with Crippen LogP contribution >= 0.6 is 0 Å². The van der Waals surface area contributed by atoms with Gasteiger partial charge in [0.25, 0.3) is 0 Å². The highest BCUT2D eigenvalue weighted by atomic mass is 16.5. The van der Waals surface area contributed by atoms with E-state index in [1.165, 1.54) is 0 Å². The molecule has 0 radical (unpaired) electrons. The molecule has 0 unspecified atom stereocenters. The molecule has 0 saturated carbocycles. The first kappa shape index (κ1) is 20.4. The predicted molar refractivity (Wildman–Crippen MR) is 108 cm³/mol. The first-order valence-corrected chi connectivity index (χ1v) is 9.06. The molecule has 2 N–H and O–H groups in total. The number of pyridine rings is 1. The van der Waals surface area contributed by atoms with Gasteiger partial charge < -0.3 is 24.8 Å². The minimum atomic E-state index is 0.586. The smallest absolute Gasteiger partial charge is 0.213 e. The first-order valence-electron chi connectivity index (χ1n) is 9.06. The van der Waals surface area contributed by atoms with Crippen LogP contribution in [0.4, 0.5) is 5.69 Å². The molecule has 0 atom stereocenters. The maximum Gasteiger partial charge on any atom is 0.213 e. The molecule has 7 nitrogen and oxygen atoms in total. The van der Waals surface area contributed by atoms with Crippen LogP contribution in [-0.4, -0.2) is 38.3 Å². The van der Waals surface area contributed by atoms with E-state index in [1.54, 1.807) is 20.4 Å². The fraction of sp³-hybridized carbons (Fsp3) is 0.400. The van der Waals surface area contributed by atoms with E-state index in [9.17, 15) is 0 Å². The molecule has 1 aromatic heterocycles. The van der Waals surface area contributed by atoms with Crippen LogP contribution in [0.5, 0.6) is 17.4 Å². The summed E-state index contributed by atoms with van der Waals surface area (Å²) < 4.78 is 16.4. The van der Waals surface area contributed by atoms with Crippen LogP contribution in [0.15, 0.2) is 41.5 Å². The molecule has 0 fully saturated rings. The van der Waals surface area contributed by atoms with Gasteiger partial charge in [0.2, 0.25) is 5.88 Å². The molecule has 0 aliphatic rings. The van der Waals surface area contributed by atoms with Crippen LogP contribution in [-0.2, 0) is 6.54 Å². The number of nitrogens with zero attached hydrogens (tertiary/aromatic N) is 2. The van der Waals surface area contributed by atoms with Crippen LogP contribution < -0.4 is 24.8 Å². The van der Waals surface area contributed by atoms with E-state index in [1.807, 2.05) is 37.3 Å². The van der Waals surface area contributed by atoms with E-state index in [-0.39, 0.29) is 0 Å². The molecule has 0 amide bonds. The molecule has 0 saturated heterocycles. The van der Waals surface area contributed by atoms with Crippen LogP contribution in [0.25, 0.3) is 0 Å². The van der Waals surface area contributed by atoms with Gasteiger partial charge >= 0.3 is 0 Å². The van der Waals surface area contributed by atoms with Gasteiger partial charge in [-0.15, -0.1) is 0 Å². The average Bonchev–Trinajstić information content (AvgIpc) is 2.71. The quantitative estimate of drug-likeness (QED) is 0.518. The maximum absolute atomic E-state index is 5.54. The van der Waals surface area contributed by atoms with Gasteiger partial charge in [-0.25, -0.2) is 4.98 Å². The van der Waals surface area contributed by atoms with Crippen molar-refractivity contribution < 1.29 is 14.2 Å². The fourth-order valence-electron chi connectivity index (χ4n) is 2.33. The Balaban J connectivity index is 1.94. The topological polar surface area (TPSA) is 77.0 Å². The number of methoxy groups -OCH3 is 1. The monoisotopic (exact) mass is 372 g/mol. The summed E-state index contributed by atoms with van der Waals surface area (Å²) in [6.45, 7) is 5.86. The van der Waals surface area contributed by atoms with Crippen LogP contribution in [0.3, 0.4) is 0 Å². The number of hydrogen-bond donors (Lipinski definition) is 2. The Labute approximate surface area is 160 Å². The summed E-state index contributed by atoms with van der Waals surface area (Å²) in [5.74, 6) is 2.67. The number of nitrogens with one attached hydrogen (secondary N) is 2. The molecule has 1 heterocycles. The number of aliphatic imine (C=N–C) groups is 1. The van der Waals surface area contributed by atoms with Crippen molar-refractivity contribution in [3.8, 4) is 17.4 Å². The van der Waals surface area contributed by atoms with Crippen LogP contribution in [0, 0.1) is 0 Å². The van der Waals surface area contributed by atoms with Crippen molar-refractivity contribution in [2.24, 2.45) is 4.99 Å². The number of guanidine groups is 1. The Morgan fingerprint density at radius 1 is 1.11 bits per heavy atom. The highest BCUT2D eigenvalue weighted by molar-refractivity contribution is 5.93. The first-order chi connectivity index (χ1) is 13.2. The maximum atomic E-state index is 5.54. The summed E-state index contributed by atoms with van der Waals surface area (Å²) in [7, 11) is 3.34. The third kappa shape index (κ3) is 6.36. The summed E-state index contributed by atoms with van der Waals surface area (Å²) in [5, 5.41) is 6.50. The molecule has 7 heteroatoms. The highest BCUT2D eigenvalue weighted by Gasteiger charge is 2.07. The molecule has 0 spiro atoms. The largest absolute Gasteiger partial charge is 0.493 e. The lowest BCUT2D eigenvalue weighted by Crippen LogP contribution is -2.30. The van der Waals surface area contributed by atoms with Gasteiger partial charge in [-0.2, -0.15) is 0 Å². The fourth-order valence-corrected chi connectivity index (χ4v) is 2.33. The summed E-state index contributed by atoms with van der Waals surface area (Å²) in [5.41, 5.74) is 1.89. The van der Waals surface area contributed by atoms with Crippen LogP contribution in [0.1, 0.15) is 25.8 Å². The van der Waals surface area contributed by atoms with Crippen LogP contribution in [0.2, 0.25) is 0 Å². The minimum absolute atomic E-state index is 0.586. The van der Waals surface area contributed by atoms with Gasteiger partial charge in [0.05, 0.1) is 20.3 Å². The predicted octanol–water partition coefficient (Wildman–Crippen LogP) is 3.47. The second-order valence-corrected chi connectivity index (χ2v) is 5.70. The van der Waals surface area contributed by atoms with E-state index >= 15 is 0 Å². The Morgan fingerprint density at radius 3 is 2.59 bits per heavy atom. The third-order valence-corrected chi connectivity index (χ3v) is 3.66. The van der Waals surface area contributed by atoms with Crippen molar-refractivity contribution in [3.05, 3.63) is 42.1 Å². The zero-order valence-corrected chi connectivity index (χ0v) is 16.4. The molecule has 146 valence electrons. The van der Waals surface area contributed by atoms with Crippen molar-refractivity contribution in [1.82, 2.24) is 10.3 Å². The second kappa shape index (κ2) is 10.9. The molecular weight excluding hydrogens is 344 g/mol. The van der Waals surface area contributed by atoms with Gasteiger partial charge in [0.1, 0.15) is 0 Å². The molecular formula is C20H28N4O3. The molecule has 27 heavy (non-hydrogen) atoms. The van der Waals surface area contributed by atoms with Gasteiger partial charge in [0.15, 0.2) is 17.5 Å². The van der Waals surface area contributed by atoms with Gasteiger partial charge in [-0.3, -0.25) is 4.99 Å². The van der Waals surface area contributed by atoms with E-state index in [0.29, 0.717) is 43.1 Å². The minimum Gasteiger partial charge on any atom is -0.493 e. The second-order valence-electron chi connectivity index (χ2n) is 5.70. The third-order valence-electron chi connectivity index (χ3n) is 3.66. The Morgan fingerprint density at radius 2 is 1.96 bits per heavy atom. The molecule has 0 aliphatic heterocycles. The van der Waals surface area contributed by atoms with Crippen molar-refractivity contribution in [1.29, 1.82) is 0 Å². The SMILES string of the molecule is CCCOc1ccc(CNC(=NC)Nc2ccc(OCC)c(OC)c2)cn1. The number of ether oxygens (including phenoxy) is 3. The lowest BCUT2D eigenvalue weighted by molar-refractivity contribution is 0.305. The summed E-state index contributed by atoms with van der Waals surface area (Å²) in [6, 6.07) is 9.52. The standard InChI is InChI=1S/C20H28N4O3/c1-5-11-27-19-10-7-15(13-22-19)14-23-20(21-3)24-16-8-9-17(26-6-2)18(12-16)25-4/h7-10,12-13H,5-6,11,14H2,1-4H3,(H2,21,23,24). The van der Waals surface area contributed by atoms with Crippen molar-refractivity contribution in [3.63, 3.8) is 0 Å². The zero-order valence-electron chi connectivity index (χ0n) is 16.4. The average molecular weight is 372 g/mol. The van der Waals surface area contributed by atoms with E-state index in [4.69, 9.17) is 14.2 Å². The molecule has 2 rings (SSSR count). The summed E-state index contributed by atoms with van der Waals surface area (Å²) in [6.07, 6.45) is 2.76. The molecule has 0 bridgehead atoms. The molecule has 0 aliphatic carbocycles. The normalized spacial score (nSPS) is 11.0. The number of anilines is 1. The number of benzene rings is 1. The Kier molecular flexibility index (Phi) is 8.22. The van der Waals surface area contributed by atoms with E-state index in [2.05, 4.69) is 27.5 Å². The van der Waals surface area contributed by atoms with E-state index < -0.39 is 0 Å². The van der Waals surface area contributed by atoms with Crippen molar-refractivity contribution in [2.75, 3.05) is 32.7 Å². The number of aromatic nitrogens is 1. The Bertz CT molecular complexity index is 733. The van der Waals surface area contributed by atoms with Crippen molar-refractivity contribution in [2.45, 2.75) is 26.8 Å². The Hall–Kier alpha value is -2.96. The molecule has 2 aromatic rings. The number of hydrogen-bond acceptors (Lipinski definition) is 5. The van der Waals surface area contributed by atoms with Gasteiger partial charge in [0, 0.05) is 37.6 Å². The molecule has 1 aromatic carbocycles. The lowest BCUT2D eigenvalue weighted by Gasteiger charge is -2.14. The van der Waals surface area contributed by atoms with E-state index in [0.717, 1.165) is 17.7 Å². The number of rotatable bonds is 9. The highest BCUT2D eigenvalue weighted by Crippen LogP contribution is 2.30. The summed E-state index contributed by atoms with van der Waals surface area (Å²) >= 11 is 0. The zero-order chi connectivity index (χ0) is 19.5. The lowest BCUT2D eigenvalue weighted by atomic mass is 10.2. The summed E-state index contributed by atoms with van der Waals surface area (Å²) in [4.78, 5) is 8.55. The van der Waals surface area contributed by atoms with Crippen molar-refractivity contribution >= 4 is 11.6 Å². The van der Waals surface area contributed by atoms with Gasteiger partial charge in [-0.05, 0) is 31.0 Å². The van der Waals surface area contributed by atoms with Gasteiger partial charge in [-0.1, -0.05) is 13.0 Å².